The van der Waals surface area contributed by atoms with Crippen molar-refractivity contribution >= 4 is 45.6 Å². The number of amides is 1. The van der Waals surface area contributed by atoms with Gasteiger partial charge >= 0.3 is 5.69 Å². The molecule has 5 rings (SSSR count). The van der Waals surface area contributed by atoms with Gasteiger partial charge in [0.2, 0.25) is 0 Å². The van der Waals surface area contributed by atoms with Crippen LogP contribution < -0.4 is 26.0 Å². The van der Waals surface area contributed by atoms with Gasteiger partial charge in [0.25, 0.3) is 5.91 Å². The minimum absolute atomic E-state index is 0.115. The van der Waals surface area contributed by atoms with E-state index in [1.807, 2.05) is 18.2 Å². The number of carbonyl (C=O) groups is 1. The summed E-state index contributed by atoms with van der Waals surface area (Å²) in [7, 11) is 1.66. The van der Waals surface area contributed by atoms with Crippen molar-refractivity contribution in [1.82, 2.24) is 20.6 Å². The van der Waals surface area contributed by atoms with E-state index in [1.165, 1.54) is 11.8 Å². The number of aliphatic imine (C=N–C) groups is 1. The Balaban J connectivity index is 1.06. The van der Waals surface area contributed by atoms with E-state index in [0.29, 0.717) is 39.4 Å². The van der Waals surface area contributed by atoms with E-state index < -0.39 is 6.10 Å². The summed E-state index contributed by atoms with van der Waals surface area (Å²) in [5.41, 5.74) is 3.13. The van der Waals surface area contributed by atoms with E-state index in [9.17, 15) is 14.7 Å². The molecule has 1 aromatic heterocycles. The molecule has 0 saturated carbocycles. The van der Waals surface area contributed by atoms with Crippen LogP contribution in [-0.2, 0) is 4.79 Å². The number of H-pyrrole nitrogens is 2. The number of thioether (sulfide) groups is 1. The molecule has 11 heteroatoms. The summed E-state index contributed by atoms with van der Waals surface area (Å²) in [6, 6.07) is 13.9. The maximum absolute atomic E-state index is 12.0. The molecule has 1 unspecified atom stereocenters. The number of aliphatic hydroxyl groups is 1. The first-order valence-electron chi connectivity index (χ1n) is 12.3. The van der Waals surface area contributed by atoms with Crippen molar-refractivity contribution < 1.29 is 14.6 Å². The van der Waals surface area contributed by atoms with Crippen molar-refractivity contribution in [1.29, 1.82) is 0 Å². The molecule has 1 atom stereocenters. The van der Waals surface area contributed by atoms with Crippen LogP contribution in [-0.4, -0.2) is 71.6 Å². The zero-order chi connectivity index (χ0) is 25.8. The van der Waals surface area contributed by atoms with Gasteiger partial charge in [-0.25, -0.2) is 4.79 Å². The van der Waals surface area contributed by atoms with Crippen LogP contribution >= 0.6 is 11.8 Å². The molecule has 3 aromatic rings. The average molecular weight is 523 g/mol. The van der Waals surface area contributed by atoms with Crippen LogP contribution in [0, 0.1) is 0 Å². The van der Waals surface area contributed by atoms with Crippen LogP contribution in [0.5, 0.6) is 5.75 Å². The number of hydrogen-bond donors (Lipinski definition) is 5. The van der Waals surface area contributed by atoms with Crippen LogP contribution in [0.1, 0.15) is 18.4 Å². The summed E-state index contributed by atoms with van der Waals surface area (Å²) in [6.07, 6.45) is 3.16. The smallest absolute Gasteiger partial charge is 0.323 e. The largest absolute Gasteiger partial charge is 0.489 e. The fourth-order valence-electron chi connectivity index (χ4n) is 4.51. The van der Waals surface area contributed by atoms with Gasteiger partial charge in [0.1, 0.15) is 24.0 Å². The van der Waals surface area contributed by atoms with Gasteiger partial charge < -0.3 is 35.3 Å². The van der Waals surface area contributed by atoms with Gasteiger partial charge in [0.15, 0.2) is 5.17 Å². The van der Waals surface area contributed by atoms with Crippen LogP contribution in [0.25, 0.3) is 17.1 Å². The van der Waals surface area contributed by atoms with Crippen LogP contribution in [0.4, 0.5) is 5.69 Å². The Morgan fingerprint density at radius 3 is 2.70 bits per heavy atom. The van der Waals surface area contributed by atoms with Crippen molar-refractivity contribution in [3.8, 4) is 5.75 Å². The van der Waals surface area contributed by atoms with Crippen molar-refractivity contribution in [2.75, 3.05) is 38.2 Å². The molecule has 2 saturated heterocycles. The number of nitrogens with zero attached hydrogens (tertiary/aromatic N) is 2. The van der Waals surface area contributed by atoms with E-state index in [4.69, 9.17) is 4.74 Å². The number of nitrogens with one attached hydrogen (secondary N) is 4. The lowest BCUT2D eigenvalue weighted by Crippen LogP contribution is -2.45. The lowest BCUT2D eigenvalue weighted by Gasteiger charge is -2.34. The SMILES string of the molecule is CN=C1NC(=O)/C(=C/c2ccc(N3CCC(NCC(O)COc4cccc5[nH]c(=O)[nH]c45)CC3)cc2)S1. The van der Waals surface area contributed by atoms with Gasteiger partial charge in [-0.3, -0.25) is 9.79 Å². The highest BCUT2D eigenvalue weighted by molar-refractivity contribution is 8.18. The number of carbonyl (C=O) groups excluding carboxylic acids is 1. The summed E-state index contributed by atoms with van der Waals surface area (Å²) >= 11 is 1.35. The molecule has 2 fully saturated rings. The van der Waals surface area contributed by atoms with Crippen LogP contribution in [0.3, 0.4) is 0 Å². The summed E-state index contributed by atoms with van der Waals surface area (Å²) in [4.78, 5) is 36.0. The number of fused-ring (bicyclic) bond motifs is 1. The lowest BCUT2D eigenvalue weighted by atomic mass is 10.0. The molecule has 2 aliphatic heterocycles. The van der Waals surface area contributed by atoms with E-state index >= 15 is 0 Å². The predicted molar refractivity (Wildman–Crippen MR) is 147 cm³/mol. The lowest BCUT2D eigenvalue weighted by molar-refractivity contribution is -0.115. The number of rotatable bonds is 8. The molecule has 2 aromatic carbocycles. The number of hydrogen-bond acceptors (Lipinski definition) is 8. The Labute approximate surface area is 218 Å². The second-order valence-corrected chi connectivity index (χ2v) is 10.1. The summed E-state index contributed by atoms with van der Waals surface area (Å²) in [5.74, 6) is 0.422. The maximum atomic E-state index is 12.0. The molecule has 3 heterocycles. The fraction of sp³-hybridized carbons (Fsp3) is 0.346. The number of amidine groups is 1. The number of aliphatic hydroxyl groups excluding tert-OH is 1. The van der Waals surface area contributed by atoms with Crippen LogP contribution in [0.15, 0.2) is 57.2 Å². The molecule has 10 nitrogen and oxygen atoms in total. The number of benzene rings is 2. The fourth-order valence-corrected chi connectivity index (χ4v) is 5.29. The number of para-hydroxylation sites is 1. The van der Waals surface area contributed by atoms with Crippen molar-refractivity contribution in [2.24, 2.45) is 4.99 Å². The van der Waals surface area contributed by atoms with Gasteiger partial charge in [-0.2, -0.15) is 0 Å². The summed E-state index contributed by atoms with van der Waals surface area (Å²) in [6.45, 7) is 2.40. The Kier molecular flexibility index (Phi) is 7.63. The number of piperidine rings is 1. The normalized spacial score (nSPS) is 19.6. The quantitative estimate of drug-likeness (QED) is 0.286. The minimum Gasteiger partial charge on any atom is -0.489 e. The first-order valence-corrected chi connectivity index (χ1v) is 13.1. The first-order chi connectivity index (χ1) is 18.0. The highest BCUT2D eigenvalue weighted by Gasteiger charge is 2.23. The van der Waals surface area contributed by atoms with Crippen LogP contribution in [0.2, 0.25) is 0 Å². The summed E-state index contributed by atoms with van der Waals surface area (Å²) in [5, 5.41) is 17.2. The van der Waals surface area contributed by atoms with Gasteiger partial charge in [0, 0.05) is 38.4 Å². The monoisotopic (exact) mass is 522 g/mol. The Morgan fingerprint density at radius 1 is 1.19 bits per heavy atom. The average Bonchev–Trinajstić information content (AvgIpc) is 3.48. The zero-order valence-electron chi connectivity index (χ0n) is 20.5. The highest BCUT2D eigenvalue weighted by atomic mass is 32.2. The Bertz CT molecular complexity index is 1370. The third-order valence-corrected chi connectivity index (χ3v) is 7.49. The Morgan fingerprint density at radius 2 is 1.97 bits per heavy atom. The van der Waals surface area contributed by atoms with Gasteiger partial charge in [0.05, 0.1) is 10.4 Å². The molecule has 1 amide bonds. The zero-order valence-corrected chi connectivity index (χ0v) is 21.3. The van der Waals surface area contributed by atoms with E-state index in [2.05, 4.69) is 42.6 Å². The van der Waals surface area contributed by atoms with Gasteiger partial charge in [-0.15, -0.1) is 0 Å². The predicted octanol–water partition coefficient (Wildman–Crippen LogP) is 2.04. The molecule has 0 aliphatic carbocycles. The molecule has 2 aliphatic rings. The van der Waals surface area contributed by atoms with E-state index in [1.54, 1.807) is 25.2 Å². The number of ether oxygens (including phenoxy) is 1. The van der Waals surface area contributed by atoms with Crippen molar-refractivity contribution in [2.45, 2.75) is 25.0 Å². The maximum Gasteiger partial charge on any atom is 0.323 e. The number of imidazole rings is 1. The molecule has 37 heavy (non-hydrogen) atoms. The molecule has 0 bridgehead atoms. The minimum atomic E-state index is -0.666. The van der Waals surface area contributed by atoms with Crippen molar-refractivity contribution in [3.05, 3.63) is 63.4 Å². The van der Waals surface area contributed by atoms with E-state index in [0.717, 1.165) is 37.2 Å². The third-order valence-electron chi connectivity index (χ3n) is 6.49. The number of anilines is 1. The molecule has 0 spiro atoms. The molecule has 194 valence electrons. The molecule has 0 radical (unpaired) electrons. The standard InChI is InChI=1S/C26H30N6O4S/c1-27-26-31-24(34)22(37-26)13-16-5-7-18(8-6-16)32-11-9-17(10-12-32)28-14-19(33)15-36-21-4-2-3-20-23(21)30-25(35)29-20/h2-8,13,17,19,28,33H,9-12,14-15H2,1H3,(H,27,31,34)(H2,29,30,35)/b22-13-. The molecule has 5 N–H and O–H groups in total. The topological polar surface area (TPSA) is 135 Å². The van der Waals surface area contributed by atoms with Crippen molar-refractivity contribution in [3.63, 3.8) is 0 Å². The van der Waals surface area contributed by atoms with E-state index in [-0.39, 0.29) is 18.2 Å². The second kappa shape index (κ2) is 11.2. The molecular formula is C26H30N6O4S. The third kappa shape index (κ3) is 6.07. The first kappa shape index (κ1) is 25.1. The molecular weight excluding hydrogens is 492 g/mol. The number of aromatic nitrogens is 2. The number of aromatic amines is 2. The Hall–Kier alpha value is -3.54. The second-order valence-electron chi connectivity index (χ2n) is 9.08. The highest BCUT2D eigenvalue weighted by Crippen LogP contribution is 2.27. The summed E-state index contributed by atoms with van der Waals surface area (Å²) < 4.78 is 5.76. The van der Waals surface area contributed by atoms with Gasteiger partial charge in [-0.05, 0) is 60.5 Å². The van der Waals surface area contributed by atoms with Gasteiger partial charge in [-0.1, -0.05) is 18.2 Å².